The average molecular weight is 296 g/mol. The lowest BCUT2D eigenvalue weighted by Crippen LogP contribution is -2.52. The van der Waals surface area contributed by atoms with Gasteiger partial charge in [-0.2, -0.15) is 0 Å². The fourth-order valence-corrected chi connectivity index (χ4v) is 2.75. The van der Waals surface area contributed by atoms with Crippen LogP contribution in [0.15, 0.2) is 24.3 Å². The van der Waals surface area contributed by atoms with Crippen LogP contribution in [0, 0.1) is 5.82 Å². The Labute approximate surface area is 125 Å². The number of aliphatic hydroxyl groups excluding tert-OH is 1. The van der Waals surface area contributed by atoms with Crippen LogP contribution >= 0.6 is 0 Å². The number of likely N-dealkylation sites (tertiary alicyclic amines) is 1. The van der Waals surface area contributed by atoms with Crippen molar-refractivity contribution in [3.8, 4) is 0 Å². The van der Waals surface area contributed by atoms with Crippen LogP contribution in [0.5, 0.6) is 0 Å². The van der Waals surface area contributed by atoms with Crippen LogP contribution in [0.3, 0.4) is 0 Å². The molecule has 0 aliphatic carbocycles. The molecular weight excluding hydrogens is 271 g/mol. The molecule has 1 aromatic rings. The molecule has 0 aromatic heterocycles. The Hall–Kier alpha value is -1.01. The van der Waals surface area contributed by atoms with Crippen molar-refractivity contribution in [3.05, 3.63) is 35.6 Å². The number of rotatable bonds is 7. The molecule has 1 heterocycles. The largest absolute Gasteiger partial charge is 0.390 e. The van der Waals surface area contributed by atoms with Gasteiger partial charge in [0.15, 0.2) is 0 Å². The van der Waals surface area contributed by atoms with Gasteiger partial charge in [0.25, 0.3) is 0 Å². The highest BCUT2D eigenvalue weighted by molar-refractivity contribution is 5.17. The summed E-state index contributed by atoms with van der Waals surface area (Å²) < 4.78 is 18.7. The van der Waals surface area contributed by atoms with E-state index in [0.29, 0.717) is 18.7 Å². The molecule has 1 aliphatic rings. The predicted molar refractivity (Wildman–Crippen MR) is 80.6 cm³/mol. The van der Waals surface area contributed by atoms with Crippen LogP contribution in [0.4, 0.5) is 4.39 Å². The van der Waals surface area contributed by atoms with E-state index in [4.69, 9.17) is 4.74 Å². The first-order chi connectivity index (χ1) is 10.2. The number of methoxy groups -OCH3 is 1. The Morgan fingerprint density at radius 2 is 2.24 bits per heavy atom. The lowest BCUT2D eigenvalue weighted by molar-refractivity contribution is 0.0360. The standard InChI is InChI=1S/C16H25FN2O2/c1-21-10-4-8-18-15-7-9-19(12-16(15)20)11-13-5-2-3-6-14(13)17/h2-3,5-6,15-16,18,20H,4,7-12H2,1H3/t15-,16-/m1/s1. The zero-order valence-electron chi connectivity index (χ0n) is 12.6. The van der Waals surface area contributed by atoms with Crippen molar-refractivity contribution >= 4 is 0 Å². The van der Waals surface area contributed by atoms with Crippen LogP contribution in [0.25, 0.3) is 0 Å². The van der Waals surface area contributed by atoms with Crippen molar-refractivity contribution in [2.75, 3.05) is 33.4 Å². The van der Waals surface area contributed by atoms with E-state index >= 15 is 0 Å². The molecule has 2 N–H and O–H groups in total. The molecule has 1 saturated heterocycles. The van der Waals surface area contributed by atoms with E-state index < -0.39 is 6.10 Å². The SMILES string of the molecule is COCCCN[C@@H]1CCN(Cc2ccccc2F)C[C@H]1O. The Morgan fingerprint density at radius 1 is 1.43 bits per heavy atom. The van der Waals surface area contributed by atoms with Gasteiger partial charge in [0.2, 0.25) is 0 Å². The van der Waals surface area contributed by atoms with E-state index in [9.17, 15) is 9.50 Å². The van der Waals surface area contributed by atoms with Gasteiger partial charge < -0.3 is 15.2 Å². The summed E-state index contributed by atoms with van der Waals surface area (Å²) in [5.74, 6) is -0.174. The Morgan fingerprint density at radius 3 is 2.95 bits per heavy atom. The summed E-state index contributed by atoms with van der Waals surface area (Å²) in [6.45, 7) is 3.59. The average Bonchev–Trinajstić information content (AvgIpc) is 2.48. The third-order valence-corrected chi connectivity index (χ3v) is 3.95. The number of aliphatic hydroxyl groups is 1. The van der Waals surface area contributed by atoms with Crippen molar-refractivity contribution in [1.82, 2.24) is 10.2 Å². The maximum absolute atomic E-state index is 13.6. The molecule has 2 atom stereocenters. The summed E-state index contributed by atoms with van der Waals surface area (Å²) in [5.41, 5.74) is 0.691. The minimum atomic E-state index is -0.409. The van der Waals surface area contributed by atoms with E-state index in [-0.39, 0.29) is 11.9 Å². The second kappa shape index (κ2) is 8.44. The molecular formula is C16H25FN2O2. The van der Waals surface area contributed by atoms with Crippen molar-refractivity contribution in [2.24, 2.45) is 0 Å². The number of benzene rings is 1. The number of nitrogens with zero attached hydrogens (tertiary/aromatic N) is 1. The third-order valence-electron chi connectivity index (χ3n) is 3.95. The van der Waals surface area contributed by atoms with Crippen molar-refractivity contribution in [2.45, 2.75) is 31.5 Å². The van der Waals surface area contributed by atoms with E-state index in [1.807, 2.05) is 6.07 Å². The highest BCUT2D eigenvalue weighted by Crippen LogP contribution is 2.16. The molecule has 0 bridgehead atoms. The van der Waals surface area contributed by atoms with Gasteiger partial charge in [-0.15, -0.1) is 0 Å². The second-order valence-corrected chi connectivity index (χ2v) is 5.59. The molecule has 0 radical (unpaired) electrons. The van der Waals surface area contributed by atoms with Gasteiger partial charge in [-0.25, -0.2) is 4.39 Å². The number of nitrogens with one attached hydrogen (secondary N) is 1. The van der Waals surface area contributed by atoms with E-state index in [2.05, 4.69) is 10.2 Å². The number of hydrogen-bond donors (Lipinski definition) is 2. The normalized spacial score (nSPS) is 23.4. The topological polar surface area (TPSA) is 44.7 Å². The van der Waals surface area contributed by atoms with Crippen LogP contribution in [0.1, 0.15) is 18.4 Å². The van der Waals surface area contributed by atoms with Gasteiger partial charge in [0.05, 0.1) is 6.10 Å². The van der Waals surface area contributed by atoms with Gasteiger partial charge >= 0.3 is 0 Å². The molecule has 118 valence electrons. The first kappa shape index (κ1) is 16.4. The van der Waals surface area contributed by atoms with Gasteiger partial charge in [-0.3, -0.25) is 4.90 Å². The summed E-state index contributed by atoms with van der Waals surface area (Å²) in [4.78, 5) is 2.11. The molecule has 1 aliphatic heterocycles. The lowest BCUT2D eigenvalue weighted by atomic mass is 10.0. The minimum Gasteiger partial charge on any atom is -0.390 e. The Balaban J connectivity index is 1.77. The molecule has 1 fully saturated rings. The fourth-order valence-electron chi connectivity index (χ4n) is 2.75. The summed E-state index contributed by atoms with van der Waals surface area (Å²) in [6, 6.07) is 6.95. The van der Waals surface area contributed by atoms with E-state index in [0.717, 1.165) is 32.5 Å². The summed E-state index contributed by atoms with van der Waals surface area (Å²) in [6.07, 6.45) is 1.41. The Kier molecular flexibility index (Phi) is 6.57. The zero-order chi connectivity index (χ0) is 15.1. The molecule has 0 saturated carbocycles. The molecule has 1 aromatic carbocycles. The lowest BCUT2D eigenvalue weighted by Gasteiger charge is -2.36. The number of hydrogen-bond acceptors (Lipinski definition) is 4. The quantitative estimate of drug-likeness (QED) is 0.746. The monoisotopic (exact) mass is 296 g/mol. The smallest absolute Gasteiger partial charge is 0.127 e. The molecule has 2 rings (SSSR count). The number of halogens is 1. The predicted octanol–water partition coefficient (Wildman–Crippen LogP) is 1.39. The molecule has 0 amide bonds. The number of piperidine rings is 1. The van der Waals surface area contributed by atoms with Crippen molar-refractivity contribution in [1.29, 1.82) is 0 Å². The maximum Gasteiger partial charge on any atom is 0.127 e. The maximum atomic E-state index is 13.6. The van der Waals surface area contributed by atoms with Crippen molar-refractivity contribution < 1.29 is 14.2 Å². The number of ether oxygens (including phenoxy) is 1. The van der Waals surface area contributed by atoms with Gasteiger partial charge in [0, 0.05) is 45.0 Å². The van der Waals surface area contributed by atoms with Crippen LogP contribution < -0.4 is 5.32 Å². The molecule has 21 heavy (non-hydrogen) atoms. The van der Waals surface area contributed by atoms with Gasteiger partial charge in [-0.1, -0.05) is 18.2 Å². The second-order valence-electron chi connectivity index (χ2n) is 5.59. The number of β-amino-alcohol motifs (C(OH)–C–C–N with tert-alkyl or cyclic N) is 1. The Bertz CT molecular complexity index is 430. The van der Waals surface area contributed by atoms with Crippen LogP contribution in [-0.2, 0) is 11.3 Å². The van der Waals surface area contributed by atoms with E-state index in [1.165, 1.54) is 6.07 Å². The van der Waals surface area contributed by atoms with E-state index in [1.54, 1.807) is 19.2 Å². The molecule has 0 unspecified atom stereocenters. The van der Waals surface area contributed by atoms with Gasteiger partial charge in [0.1, 0.15) is 5.82 Å². The van der Waals surface area contributed by atoms with Crippen LogP contribution in [-0.4, -0.2) is 55.5 Å². The van der Waals surface area contributed by atoms with Crippen molar-refractivity contribution in [3.63, 3.8) is 0 Å². The highest BCUT2D eigenvalue weighted by atomic mass is 19.1. The summed E-state index contributed by atoms with van der Waals surface area (Å²) >= 11 is 0. The minimum absolute atomic E-state index is 0.124. The molecule has 5 heteroatoms. The van der Waals surface area contributed by atoms with Crippen LogP contribution in [0.2, 0.25) is 0 Å². The zero-order valence-corrected chi connectivity index (χ0v) is 12.6. The first-order valence-corrected chi connectivity index (χ1v) is 7.57. The molecule has 4 nitrogen and oxygen atoms in total. The van der Waals surface area contributed by atoms with Gasteiger partial charge in [-0.05, 0) is 25.5 Å². The highest BCUT2D eigenvalue weighted by Gasteiger charge is 2.27. The molecule has 0 spiro atoms. The summed E-state index contributed by atoms with van der Waals surface area (Å²) in [5, 5.41) is 13.6. The fraction of sp³-hybridized carbons (Fsp3) is 0.625. The third kappa shape index (κ3) is 5.04. The first-order valence-electron chi connectivity index (χ1n) is 7.57. The summed E-state index contributed by atoms with van der Waals surface area (Å²) in [7, 11) is 1.69.